The molecule has 0 fully saturated rings. The summed E-state index contributed by atoms with van der Waals surface area (Å²) in [7, 11) is 1.56. The van der Waals surface area contributed by atoms with E-state index in [0.29, 0.717) is 11.3 Å². The topological polar surface area (TPSA) is 75.6 Å². The van der Waals surface area contributed by atoms with E-state index in [1.165, 1.54) is 24.3 Å². The van der Waals surface area contributed by atoms with Gasteiger partial charge in [-0.15, -0.1) is 0 Å². The number of carboxylic acid groups (broad SMARTS) is 1. The highest BCUT2D eigenvalue weighted by Gasteiger charge is 2.31. The minimum atomic E-state index is -1.08. The third kappa shape index (κ3) is 4.39. The maximum atomic E-state index is 13.0. The quantitative estimate of drug-likeness (QED) is 0.797. The van der Waals surface area contributed by atoms with E-state index in [9.17, 15) is 19.1 Å². The van der Waals surface area contributed by atoms with E-state index in [0.717, 1.165) is 5.56 Å². The Balaban J connectivity index is 2.10. The van der Waals surface area contributed by atoms with E-state index in [1.807, 2.05) is 0 Å². The first kappa shape index (κ1) is 19.4. The molecule has 0 aliphatic carbocycles. The molecule has 2 aromatic carbocycles. The first-order chi connectivity index (χ1) is 12.3. The molecule has 0 bridgehead atoms. The summed E-state index contributed by atoms with van der Waals surface area (Å²) in [4.78, 5) is 24.2. The summed E-state index contributed by atoms with van der Waals surface area (Å²) in [5.41, 5.74) is 0.365. The molecule has 2 aromatic rings. The Bertz CT molecular complexity index is 769. The fourth-order valence-electron chi connectivity index (χ4n) is 2.60. The molecule has 2 rings (SSSR count). The Hall–Kier alpha value is -2.89. The number of ether oxygens (including phenoxy) is 1. The van der Waals surface area contributed by atoms with Gasteiger partial charge in [0.1, 0.15) is 11.6 Å². The first-order valence-electron chi connectivity index (χ1n) is 8.17. The lowest BCUT2D eigenvalue weighted by Crippen LogP contribution is -2.42. The van der Waals surface area contributed by atoms with Crippen molar-refractivity contribution in [1.29, 1.82) is 0 Å². The van der Waals surface area contributed by atoms with Gasteiger partial charge in [0.15, 0.2) is 0 Å². The Kier molecular flexibility index (Phi) is 5.97. The Morgan fingerprint density at radius 2 is 1.69 bits per heavy atom. The molecule has 1 unspecified atom stereocenters. The fourth-order valence-corrected chi connectivity index (χ4v) is 2.60. The van der Waals surface area contributed by atoms with Gasteiger partial charge in [0.2, 0.25) is 5.91 Å². The van der Waals surface area contributed by atoms with Gasteiger partial charge in [-0.25, -0.2) is 4.39 Å². The lowest BCUT2D eigenvalue weighted by Gasteiger charge is -2.25. The molecule has 2 N–H and O–H groups in total. The van der Waals surface area contributed by atoms with E-state index in [4.69, 9.17) is 4.74 Å². The van der Waals surface area contributed by atoms with Crippen molar-refractivity contribution in [3.63, 3.8) is 0 Å². The van der Waals surface area contributed by atoms with Crippen LogP contribution in [0.4, 0.5) is 4.39 Å². The molecule has 0 saturated carbocycles. The number of hydrogen-bond donors (Lipinski definition) is 2. The van der Waals surface area contributed by atoms with Crippen molar-refractivity contribution < 1.29 is 23.8 Å². The van der Waals surface area contributed by atoms with Gasteiger partial charge in [-0.05, 0) is 49.2 Å². The molecule has 0 heterocycles. The number of amides is 1. The maximum Gasteiger partial charge on any atom is 0.312 e. The molecule has 0 aliphatic rings. The standard InChI is InChI=1S/C20H22FNO4/c1-20(2,14-6-10-16(26-3)11-7-14)19(25)22-12-17(18(23)24)13-4-8-15(21)9-5-13/h4-11,17H,12H2,1-3H3,(H,22,25)(H,23,24). The molecular formula is C20H22FNO4. The minimum Gasteiger partial charge on any atom is -0.497 e. The number of carboxylic acids is 1. The molecule has 138 valence electrons. The number of nitrogens with one attached hydrogen (secondary N) is 1. The zero-order valence-electron chi connectivity index (χ0n) is 15.0. The lowest BCUT2D eigenvalue weighted by molar-refractivity contribution is -0.138. The largest absolute Gasteiger partial charge is 0.497 e. The number of benzene rings is 2. The molecule has 0 radical (unpaired) electrons. The van der Waals surface area contributed by atoms with Crippen molar-refractivity contribution in [1.82, 2.24) is 5.32 Å². The van der Waals surface area contributed by atoms with Crippen LogP contribution in [0.25, 0.3) is 0 Å². The molecular weight excluding hydrogens is 337 g/mol. The summed E-state index contributed by atoms with van der Waals surface area (Å²) in [6.07, 6.45) is 0. The lowest BCUT2D eigenvalue weighted by atomic mass is 9.83. The van der Waals surface area contributed by atoms with Crippen molar-refractivity contribution in [3.8, 4) is 5.75 Å². The van der Waals surface area contributed by atoms with Gasteiger partial charge < -0.3 is 15.2 Å². The van der Waals surface area contributed by atoms with Crippen LogP contribution in [0.5, 0.6) is 5.75 Å². The van der Waals surface area contributed by atoms with Crippen molar-refractivity contribution >= 4 is 11.9 Å². The number of methoxy groups -OCH3 is 1. The van der Waals surface area contributed by atoms with Crippen LogP contribution in [0.3, 0.4) is 0 Å². The van der Waals surface area contributed by atoms with Gasteiger partial charge in [-0.3, -0.25) is 9.59 Å². The molecule has 5 nitrogen and oxygen atoms in total. The van der Waals surface area contributed by atoms with Gasteiger partial charge in [0, 0.05) is 6.54 Å². The van der Waals surface area contributed by atoms with Crippen LogP contribution in [-0.2, 0) is 15.0 Å². The number of rotatable bonds is 7. The zero-order valence-corrected chi connectivity index (χ0v) is 15.0. The number of aliphatic carboxylic acids is 1. The predicted molar refractivity (Wildman–Crippen MR) is 95.8 cm³/mol. The van der Waals surface area contributed by atoms with Gasteiger partial charge in [0.25, 0.3) is 0 Å². The zero-order chi connectivity index (χ0) is 19.3. The van der Waals surface area contributed by atoms with E-state index in [2.05, 4.69) is 5.32 Å². The monoisotopic (exact) mass is 359 g/mol. The van der Waals surface area contributed by atoms with Crippen LogP contribution in [0.15, 0.2) is 48.5 Å². The van der Waals surface area contributed by atoms with Crippen molar-refractivity contribution in [2.45, 2.75) is 25.2 Å². The van der Waals surface area contributed by atoms with Crippen molar-refractivity contribution in [2.24, 2.45) is 0 Å². The normalized spacial score (nSPS) is 12.3. The molecule has 0 spiro atoms. The highest BCUT2D eigenvalue weighted by atomic mass is 19.1. The molecule has 6 heteroatoms. The number of hydrogen-bond acceptors (Lipinski definition) is 3. The Morgan fingerprint density at radius 3 is 2.19 bits per heavy atom. The SMILES string of the molecule is COc1ccc(C(C)(C)C(=O)NCC(C(=O)O)c2ccc(F)cc2)cc1. The summed E-state index contributed by atoms with van der Waals surface area (Å²) >= 11 is 0. The summed E-state index contributed by atoms with van der Waals surface area (Å²) in [6, 6.07) is 12.4. The predicted octanol–water partition coefficient (Wildman–Crippen LogP) is 3.10. The first-order valence-corrected chi connectivity index (χ1v) is 8.17. The molecule has 0 aromatic heterocycles. The third-order valence-corrected chi connectivity index (χ3v) is 4.42. The molecule has 1 atom stereocenters. The summed E-state index contributed by atoms with van der Waals surface area (Å²) in [6.45, 7) is 3.44. The second-order valence-corrected chi connectivity index (χ2v) is 6.51. The average Bonchev–Trinajstić information content (AvgIpc) is 2.62. The van der Waals surface area contributed by atoms with E-state index in [1.54, 1.807) is 45.2 Å². The second kappa shape index (κ2) is 7.99. The number of halogens is 1. The molecule has 1 amide bonds. The Labute approximate surface area is 151 Å². The second-order valence-electron chi connectivity index (χ2n) is 6.51. The average molecular weight is 359 g/mol. The van der Waals surface area contributed by atoms with Gasteiger partial charge in [0.05, 0.1) is 18.4 Å². The summed E-state index contributed by atoms with van der Waals surface area (Å²) in [5.74, 6) is -2.09. The molecule has 0 aliphatic heterocycles. The highest BCUT2D eigenvalue weighted by Crippen LogP contribution is 2.26. The van der Waals surface area contributed by atoms with Crippen molar-refractivity contribution in [2.75, 3.05) is 13.7 Å². The van der Waals surface area contributed by atoms with Gasteiger partial charge >= 0.3 is 5.97 Å². The number of carbonyl (C=O) groups excluding carboxylic acids is 1. The summed E-state index contributed by atoms with van der Waals surface area (Å²) in [5, 5.41) is 12.1. The third-order valence-electron chi connectivity index (χ3n) is 4.42. The molecule has 0 saturated heterocycles. The van der Waals surface area contributed by atoms with Gasteiger partial charge in [-0.2, -0.15) is 0 Å². The van der Waals surface area contributed by atoms with Gasteiger partial charge in [-0.1, -0.05) is 24.3 Å². The highest BCUT2D eigenvalue weighted by molar-refractivity contribution is 5.88. The van der Waals surface area contributed by atoms with E-state index >= 15 is 0 Å². The van der Waals surface area contributed by atoms with Crippen LogP contribution < -0.4 is 10.1 Å². The fraction of sp³-hybridized carbons (Fsp3) is 0.300. The van der Waals surface area contributed by atoms with Crippen LogP contribution in [0.2, 0.25) is 0 Å². The Morgan fingerprint density at radius 1 is 1.12 bits per heavy atom. The maximum absolute atomic E-state index is 13.0. The van der Waals surface area contributed by atoms with E-state index in [-0.39, 0.29) is 12.5 Å². The summed E-state index contributed by atoms with van der Waals surface area (Å²) < 4.78 is 18.1. The number of carbonyl (C=O) groups is 2. The van der Waals surface area contributed by atoms with Crippen LogP contribution in [0, 0.1) is 5.82 Å². The minimum absolute atomic E-state index is 0.0839. The van der Waals surface area contributed by atoms with Crippen LogP contribution in [-0.4, -0.2) is 30.6 Å². The molecule has 26 heavy (non-hydrogen) atoms. The smallest absolute Gasteiger partial charge is 0.312 e. The van der Waals surface area contributed by atoms with Crippen LogP contribution in [0.1, 0.15) is 30.9 Å². The van der Waals surface area contributed by atoms with Crippen molar-refractivity contribution in [3.05, 3.63) is 65.5 Å². The van der Waals surface area contributed by atoms with Crippen LogP contribution >= 0.6 is 0 Å². The van der Waals surface area contributed by atoms with E-state index < -0.39 is 23.1 Å².